The van der Waals surface area contributed by atoms with Crippen molar-refractivity contribution in [2.75, 3.05) is 13.1 Å². The van der Waals surface area contributed by atoms with Crippen molar-refractivity contribution in [2.45, 2.75) is 19.0 Å². The molecule has 1 aliphatic heterocycles. The highest BCUT2D eigenvalue weighted by Gasteiger charge is 2.19. The van der Waals surface area contributed by atoms with E-state index in [4.69, 9.17) is 0 Å². The van der Waals surface area contributed by atoms with Crippen LogP contribution in [0.15, 0.2) is 30.9 Å². The number of carbonyl (C=O) groups is 1. The van der Waals surface area contributed by atoms with Gasteiger partial charge in [-0.05, 0) is 12.5 Å². The maximum atomic E-state index is 11.8. The zero-order valence-electron chi connectivity index (χ0n) is 11.0. The lowest BCUT2D eigenvalue weighted by molar-refractivity contribution is 0.0945. The Morgan fingerprint density at radius 2 is 2.40 bits per heavy atom. The van der Waals surface area contributed by atoms with E-state index in [0.717, 1.165) is 19.5 Å². The Kier molecular flexibility index (Phi) is 3.69. The lowest BCUT2D eigenvalue weighted by Crippen LogP contribution is -2.36. The minimum atomic E-state index is -0.192. The van der Waals surface area contributed by atoms with Crippen LogP contribution in [0.1, 0.15) is 28.6 Å². The highest BCUT2D eigenvalue weighted by Crippen LogP contribution is 2.16. The van der Waals surface area contributed by atoms with Crippen LogP contribution in [0.4, 0.5) is 0 Å². The Balaban J connectivity index is 1.53. The van der Waals surface area contributed by atoms with Gasteiger partial charge in [-0.25, -0.2) is 4.98 Å². The van der Waals surface area contributed by atoms with Gasteiger partial charge in [0.15, 0.2) is 0 Å². The van der Waals surface area contributed by atoms with Crippen molar-refractivity contribution < 1.29 is 4.79 Å². The van der Waals surface area contributed by atoms with Crippen molar-refractivity contribution in [3.05, 3.63) is 42.2 Å². The molecule has 0 unspecified atom stereocenters. The van der Waals surface area contributed by atoms with Crippen molar-refractivity contribution in [1.82, 2.24) is 30.4 Å². The van der Waals surface area contributed by atoms with Crippen molar-refractivity contribution in [3.8, 4) is 0 Å². The van der Waals surface area contributed by atoms with Crippen LogP contribution >= 0.6 is 0 Å². The number of nitrogens with zero attached hydrogens (tertiary/aromatic N) is 4. The molecule has 0 aromatic carbocycles. The predicted molar refractivity (Wildman–Crippen MR) is 72.0 cm³/mol. The third-order valence-electron chi connectivity index (χ3n) is 3.34. The van der Waals surface area contributed by atoms with Crippen LogP contribution in [0.25, 0.3) is 0 Å². The van der Waals surface area contributed by atoms with Gasteiger partial charge in [0, 0.05) is 38.2 Å². The maximum Gasteiger partial charge on any atom is 0.271 e. The molecule has 20 heavy (non-hydrogen) atoms. The summed E-state index contributed by atoms with van der Waals surface area (Å²) in [5, 5.41) is 10.5. The molecule has 1 atom stereocenters. The van der Waals surface area contributed by atoms with E-state index in [2.05, 4.69) is 25.7 Å². The van der Waals surface area contributed by atoms with Crippen LogP contribution in [0.3, 0.4) is 0 Å². The van der Waals surface area contributed by atoms with Crippen molar-refractivity contribution in [1.29, 1.82) is 0 Å². The van der Waals surface area contributed by atoms with Gasteiger partial charge in [-0.2, -0.15) is 5.10 Å². The fourth-order valence-electron chi connectivity index (χ4n) is 2.35. The Bertz CT molecular complexity index is 582. The molecule has 2 aromatic heterocycles. The van der Waals surface area contributed by atoms with Crippen molar-refractivity contribution in [2.24, 2.45) is 0 Å². The van der Waals surface area contributed by atoms with Crippen LogP contribution < -0.4 is 10.6 Å². The van der Waals surface area contributed by atoms with Crippen LogP contribution in [0.2, 0.25) is 0 Å². The van der Waals surface area contributed by atoms with Gasteiger partial charge in [-0.1, -0.05) is 0 Å². The number of rotatable bonds is 4. The first kappa shape index (κ1) is 12.7. The Morgan fingerprint density at radius 3 is 3.25 bits per heavy atom. The lowest BCUT2D eigenvalue weighted by atomic mass is 10.1. The molecule has 3 rings (SSSR count). The average molecular weight is 272 g/mol. The second-order valence-corrected chi connectivity index (χ2v) is 4.69. The summed E-state index contributed by atoms with van der Waals surface area (Å²) >= 11 is 0. The van der Waals surface area contributed by atoms with Gasteiger partial charge in [-0.3, -0.25) is 14.5 Å². The molecule has 1 amide bonds. The van der Waals surface area contributed by atoms with Gasteiger partial charge < -0.3 is 10.6 Å². The van der Waals surface area contributed by atoms with E-state index in [-0.39, 0.29) is 11.9 Å². The zero-order valence-corrected chi connectivity index (χ0v) is 11.0. The summed E-state index contributed by atoms with van der Waals surface area (Å²) in [5.74, 6) is -0.192. The van der Waals surface area contributed by atoms with Gasteiger partial charge in [0.2, 0.25) is 0 Å². The smallest absolute Gasteiger partial charge is 0.271 e. The minimum absolute atomic E-state index is 0.192. The number of amides is 1. The minimum Gasteiger partial charge on any atom is -0.351 e. The van der Waals surface area contributed by atoms with E-state index < -0.39 is 0 Å². The standard InChI is InChI=1S/C13H16N6O/c20-13(12-9-14-5-6-16-12)17-3-1-10-7-15-8-11-2-4-18-19(10)11/h2,4-6,9-10,15H,1,3,7-8H2,(H,17,20)/t10-/m1/s1. The molecule has 0 fully saturated rings. The Morgan fingerprint density at radius 1 is 1.45 bits per heavy atom. The summed E-state index contributed by atoms with van der Waals surface area (Å²) < 4.78 is 2.03. The third-order valence-corrected chi connectivity index (χ3v) is 3.34. The fourth-order valence-corrected chi connectivity index (χ4v) is 2.35. The first-order valence-corrected chi connectivity index (χ1v) is 6.62. The average Bonchev–Trinajstić information content (AvgIpc) is 2.97. The molecule has 7 heteroatoms. The van der Waals surface area contributed by atoms with Crippen molar-refractivity contribution in [3.63, 3.8) is 0 Å². The molecule has 7 nitrogen and oxygen atoms in total. The Hall–Kier alpha value is -2.28. The molecule has 0 radical (unpaired) electrons. The molecule has 2 N–H and O–H groups in total. The van der Waals surface area contributed by atoms with Gasteiger partial charge in [0.1, 0.15) is 5.69 Å². The summed E-state index contributed by atoms with van der Waals surface area (Å²) in [6, 6.07) is 2.29. The largest absolute Gasteiger partial charge is 0.351 e. The molecular weight excluding hydrogens is 256 g/mol. The number of aromatic nitrogens is 4. The van der Waals surface area contributed by atoms with Crippen LogP contribution in [0.5, 0.6) is 0 Å². The monoisotopic (exact) mass is 272 g/mol. The summed E-state index contributed by atoms with van der Waals surface area (Å²) in [6.45, 7) is 2.30. The van der Waals surface area contributed by atoms with Crippen LogP contribution in [0, 0.1) is 0 Å². The van der Waals surface area contributed by atoms with Crippen LogP contribution in [-0.4, -0.2) is 38.7 Å². The van der Waals surface area contributed by atoms with E-state index in [1.54, 1.807) is 6.20 Å². The number of hydrogen-bond acceptors (Lipinski definition) is 5. The quantitative estimate of drug-likeness (QED) is 0.827. The fraction of sp³-hybridized carbons (Fsp3) is 0.385. The Labute approximate surface area is 116 Å². The first-order chi connectivity index (χ1) is 9.84. The van der Waals surface area contributed by atoms with E-state index >= 15 is 0 Å². The van der Waals surface area contributed by atoms with Crippen molar-refractivity contribution >= 4 is 5.91 Å². The molecule has 0 bridgehead atoms. The number of nitrogens with one attached hydrogen (secondary N) is 2. The molecule has 2 aromatic rings. The van der Waals surface area contributed by atoms with E-state index in [1.807, 2.05) is 16.9 Å². The summed E-state index contributed by atoms with van der Waals surface area (Å²) in [7, 11) is 0. The molecule has 0 aliphatic carbocycles. The highest BCUT2D eigenvalue weighted by atomic mass is 16.1. The molecule has 0 saturated heterocycles. The number of carbonyl (C=O) groups excluding carboxylic acids is 1. The van der Waals surface area contributed by atoms with Gasteiger partial charge >= 0.3 is 0 Å². The lowest BCUT2D eigenvalue weighted by Gasteiger charge is -2.25. The van der Waals surface area contributed by atoms with E-state index in [1.165, 1.54) is 18.1 Å². The molecule has 0 saturated carbocycles. The summed E-state index contributed by atoms with van der Waals surface area (Å²) in [6.07, 6.45) is 7.16. The third kappa shape index (κ3) is 2.67. The zero-order chi connectivity index (χ0) is 13.8. The highest BCUT2D eigenvalue weighted by molar-refractivity contribution is 5.91. The predicted octanol–water partition coefficient (Wildman–Crippen LogP) is 0.137. The maximum absolute atomic E-state index is 11.8. The molecule has 3 heterocycles. The van der Waals surface area contributed by atoms with Gasteiger partial charge in [0.25, 0.3) is 5.91 Å². The van der Waals surface area contributed by atoms with Gasteiger partial charge in [-0.15, -0.1) is 0 Å². The number of fused-ring (bicyclic) bond motifs is 1. The second kappa shape index (κ2) is 5.79. The molecular formula is C13H16N6O. The first-order valence-electron chi connectivity index (χ1n) is 6.62. The normalized spacial score (nSPS) is 17.5. The second-order valence-electron chi connectivity index (χ2n) is 4.69. The SMILES string of the molecule is O=C(NCC[C@@H]1CNCc2ccnn21)c1cnccn1. The molecule has 104 valence electrons. The van der Waals surface area contributed by atoms with Gasteiger partial charge in [0.05, 0.1) is 17.9 Å². The van der Waals surface area contributed by atoms with E-state index in [9.17, 15) is 4.79 Å². The summed E-state index contributed by atoms with van der Waals surface area (Å²) in [5.41, 5.74) is 1.52. The molecule has 1 aliphatic rings. The van der Waals surface area contributed by atoms with Crippen LogP contribution in [-0.2, 0) is 6.54 Å². The number of hydrogen-bond donors (Lipinski definition) is 2. The summed E-state index contributed by atoms with van der Waals surface area (Å²) in [4.78, 5) is 19.7. The van der Waals surface area contributed by atoms with E-state index in [0.29, 0.717) is 12.2 Å². The molecule has 0 spiro atoms. The topological polar surface area (TPSA) is 84.7 Å².